The average molecular weight is 282 g/mol. The Bertz CT molecular complexity index is 516. The molecule has 2 aliphatic rings. The monoisotopic (exact) mass is 282 g/mol. The summed E-state index contributed by atoms with van der Waals surface area (Å²) in [5.41, 5.74) is 1.01. The molecule has 2 fully saturated rings. The SMILES string of the molecule is Cc1cc(C2(O)CC3CCC(C2)S3=O)cc(C)c1F. The third kappa shape index (κ3) is 2.05. The molecule has 1 N–H and O–H groups in total. The minimum Gasteiger partial charge on any atom is -0.385 e. The molecule has 0 spiro atoms. The maximum atomic E-state index is 13.7. The number of aliphatic hydroxyl groups is 1. The minimum atomic E-state index is -0.928. The Balaban J connectivity index is 2.00. The Hall–Kier alpha value is -0.740. The van der Waals surface area contributed by atoms with E-state index in [9.17, 15) is 13.7 Å². The summed E-state index contributed by atoms with van der Waals surface area (Å²) in [6, 6.07) is 3.49. The van der Waals surface area contributed by atoms with E-state index in [1.54, 1.807) is 26.0 Å². The number of fused-ring (bicyclic) bond motifs is 2. The molecule has 2 atom stereocenters. The van der Waals surface area contributed by atoms with Crippen molar-refractivity contribution in [2.75, 3.05) is 0 Å². The lowest BCUT2D eigenvalue weighted by molar-refractivity contribution is 0.0183. The number of halogens is 1. The molecule has 0 aromatic heterocycles. The zero-order chi connectivity index (χ0) is 13.8. The fourth-order valence-electron chi connectivity index (χ4n) is 3.53. The molecule has 19 heavy (non-hydrogen) atoms. The summed E-state index contributed by atoms with van der Waals surface area (Å²) in [4.78, 5) is 0. The van der Waals surface area contributed by atoms with Gasteiger partial charge in [-0.2, -0.15) is 0 Å². The lowest BCUT2D eigenvalue weighted by atomic mass is 9.84. The highest BCUT2D eigenvalue weighted by atomic mass is 32.2. The number of hydrogen-bond acceptors (Lipinski definition) is 2. The third-order valence-corrected chi connectivity index (χ3v) is 6.69. The van der Waals surface area contributed by atoms with Gasteiger partial charge in [-0.1, -0.05) is 12.1 Å². The van der Waals surface area contributed by atoms with Crippen LogP contribution in [0, 0.1) is 19.7 Å². The number of benzene rings is 1. The fourth-order valence-corrected chi connectivity index (χ4v) is 5.69. The number of aryl methyl sites for hydroxylation is 2. The molecule has 0 radical (unpaired) electrons. The molecule has 0 amide bonds. The predicted molar refractivity (Wildman–Crippen MR) is 74.0 cm³/mol. The van der Waals surface area contributed by atoms with Crippen molar-refractivity contribution in [3.8, 4) is 0 Å². The first-order valence-electron chi connectivity index (χ1n) is 6.80. The van der Waals surface area contributed by atoms with Gasteiger partial charge in [0.05, 0.1) is 5.60 Å². The van der Waals surface area contributed by atoms with E-state index >= 15 is 0 Å². The van der Waals surface area contributed by atoms with Gasteiger partial charge in [0.2, 0.25) is 0 Å². The predicted octanol–water partition coefficient (Wildman–Crippen LogP) is 2.70. The molecule has 3 rings (SSSR count). The Kier molecular flexibility index (Phi) is 3.06. The molecule has 1 aromatic rings. The van der Waals surface area contributed by atoms with Gasteiger partial charge in [-0.3, -0.25) is 4.21 Å². The first-order chi connectivity index (χ1) is 8.90. The lowest BCUT2D eigenvalue weighted by Crippen LogP contribution is -2.40. The molecule has 4 heteroatoms. The van der Waals surface area contributed by atoms with Crippen molar-refractivity contribution in [3.63, 3.8) is 0 Å². The molecular formula is C15H19FO2S. The van der Waals surface area contributed by atoms with E-state index < -0.39 is 16.4 Å². The molecule has 1 aromatic carbocycles. The smallest absolute Gasteiger partial charge is 0.129 e. The quantitative estimate of drug-likeness (QED) is 0.860. The maximum Gasteiger partial charge on any atom is 0.129 e. The van der Waals surface area contributed by atoms with Crippen LogP contribution in [0.1, 0.15) is 42.4 Å². The highest BCUT2D eigenvalue weighted by Gasteiger charge is 2.48. The molecular weight excluding hydrogens is 263 g/mol. The highest BCUT2D eigenvalue weighted by Crippen LogP contribution is 2.46. The van der Waals surface area contributed by atoms with Gasteiger partial charge in [-0.25, -0.2) is 4.39 Å². The number of rotatable bonds is 1. The van der Waals surface area contributed by atoms with Crippen molar-refractivity contribution in [1.82, 2.24) is 0 Å². The van der Waals surface area contributed by atoms with Crippen LogP contribution in [0.5, 0.6) is 0 Å². The Morgan fingerprint density at radius 2 is 1.68 bits per heavy atom. The Morgan fingerprint density at radius 1 is 1.21 bits per heavy atom. The van der Waals surface area contributed by atoms with Crippen LogP contribution in [-0.2, 0) is 16.4 Å². The van der Waals surface area contributed by atoms with Crippen molar-refractivity contribution >= 4 is 10.8 Å². The first kappa shape index (κ1) is 13.3. The van der Waals surface area contributed by atoms with Gasteiger partial charge in [-0.05, 0) is 56.2 Å². The largest absolute Gasteiger partial charge is 0.385 e. The summed E-state index contributed by atoms with van der Waals surface area (Å²) in [6.45, 7) is 3.45. The third-order valence-electron chi connectivity index (χ3n) is 4.57. The fraction of sp³-hybridized carbons (Fsp3) is 0.600. The van der Waals surface area contributed by atoms with Gasteiger partial charge < -0.3 is 5.11 Å². The summed E-state index contributed by atoms with van der Waals surface area (Å²) in [7, 11) is -0.788. The van der Waals surface area contributed by atoms with E-state index in [0.717, 1.165) is 18.4 Å². The highest BCUT2D eigenvalue weighted by molar-refractivity contribution is 7.86. The van der Waals surface area contributed by atoms with E-state index in [2.05, 4.69) is 0 Å². The molecule has 2 aliphatic heterocycles. The summed E-state index contributed by atoms with van der Waals surface area (Å²) < 4.78 is 25.7. The lowest BCUT2D eigenvalue weighted by Gasteiger charge is -2.36. The topological polar surface area (TPSA) is 37.3 Å². The second-order valence-corrected chi connectivity index (χ2v) is 8.00. The molecule has 2 heterocycles. The van der Waals surface area contributed by atoms with Crippen LogP contribution >= 0.6 is 0 Å². The van der Waals surface area contributed by atoms with Crippen molar-refractivity contribution in [2.45, 2.75) is 55.6 Å². The Morgan fingerprint density at radius 3 is 2.16 bits per heavy atom. The average Bonchev–Trinajstić information content (AvgIpc) is 2.60. The van der Waals surface area contributed by atoms with Crippen LogP contribution < -0.4 is 0 Å². The van der Waals surface area contributed by atoms with E-state index in [0.29, 0.717) is 24.0 Å². The zero-order valence-electron chi connectivity index (χ0n) is 11.3. The van der Waals surface area contributed by atoms with Gasteiger partial charge in [0.1, 0.15) is 5.82 Å². The van der Waals surface area contributed by atoms with E-state index in [-0.39, 0.29) is 16.3 Å². The van der Waals surface area contributed by atoms with Gasteiger partial charge in [0.15, 0.2) is 0 Å². The standard InChI is InChI=1S/C15H19FO2S/c1-9-5-11(6-10(2)14(9)16)15(17)7-12-3-4-13(8-15)19(12)18/h5-6,12-13,17H,3-4,7-8H2,1-2H3. The molecule has 2 bridgehead atoms. The van der Waals surface area contributed by atoms with Crippen LogP contribution in [-0.4, -0.2) is 19.8 Å². The summed E-state index contributed by atoms with van der Waals surface area (Å²) >= 11 is 0. The normalized spacial score (nSPS) is 37.6. The molecule has 0 saturated carbocycles. The van der Waals surface area contributed by atoms with Crippen LogP contribution in [0.2, 0.25) is 0 Å². The number of hydrogen-bond donors (Lipinski definition) is 1. The van der Waals surface area contributed by atoms with E-state index in [4.69, 9.17) is 0 Å². The molecule has 104 valence electrons. The van der Waals surface area contributed by atoms with E-state index in [1.165, 1.54) is 0 Å². The van der Waals surface area contributed by atoms with Crippen LogP contribution in [0.4, 0.5) is 4.39 Å². The van der Waals surface area contributed by atoms with Gasteiger partial charge in [-0.15, -0.1) is 0 Å². The second-order valence-electron chi connectivity index (χ2n) is 6.01. The second kappa shape index (κ2) is 4.38. The van der Waals surface area contributed by atoms with Crippen molar-refractivity contribution in [3.05, 3.63) is 34.6 Å². The van der Waals surface area contributed by atoms with Gasteiger partial charge >= 0.3 is 0 Å². The zero-order valence-corrected chi connectivity index (χ0v) is 12.1. The van der Waals surface area contributed by atoms with E-state index in [1.807, 2.05) is 0 Å². The van der Waals surface area contributed by atoms with Gasteiger partial charge in [0, 0.05) is 21.3 Å². The molecule has 2 saturated heterocycles. The van der Waals surface area contributed by atoms with Crippen LogP contribution in [0.3, 0.4) is 0 Å². The maximum absolute atomic E-state index is 13.7. The Labute approximate surface area is 115 Å². The van der Waals surface area contributed by atoms with Crippen molar-refractivity contribution in [1.29, 1.82) is 0 Å². The molecule has 0 aliphatic carbocycles. The van der Waals surface area contributed by atoms with Crippen LogP contribution in [0.25, 0.3) is 0 Å². The molecule has 2 unspecified atom stereocenters. The van der Waals surface area contributed by atoms with Crippen molar-refractivity contribution in [2.24, 2.45) is 0 Å². The van der Waals surface area contributed by atoms with Crippen molar-refractivity contribution < 1.29 is 13.7 Å². The summed E-state index contributed by atoms with van der Waals surface area (Å²) in [5, 5.41) is 11.1. The summed E-state index contributed by atoms with van der Waals surface area (Å²) in [5.74, 6) is -0.199. The first-order valence-corrected chi connectivity index (χ1v) is 8.07. The molecule has 2 nitrogen and oxygen atoms in total. The summed E-state index contributed by atoms with van der Waals surface area (Å²) in [6.07, 6.45) is 2.97. The minimum absolute atomic E-state index is 0.106. The van der Waals surface area contributed by atoms with Crippen LogP contribution in [0.15, 0.2) is 12.1 Å². The van der Waals surface area contributed by atoms with Gasteiger partial charge in [0.25, 0.3) is 0 Å².